The topological polar surface area (TPSA) is 111 Å². The van der Waals surface area contributed by atoms with Crippen molar-refractivity contribution in [1.82, 2.24) is 0 Å². The minimum atomic E-state index is -3.98. The fraction of sp³-hybridized carbons (Fsp3) is 0.0833. The molecular formula is C24H14F8N2O4. The highest BCUT2D eigenvalue weighted by Crippen LogP contribution is 2.52. The number of phenols is 2. The van der Waals surface area contributed by atoms with Gasteiger partial charge in [-0.15, -0.1) is 0 Å². The molecular weight excluding hydrogens is 532 g/mol. The number of halogens is 8. The monoisotopic (exact) mass is 546 g/mol. The Kier molecular flexibility index (Phi) is 6.51. The molecule has 38 heavy (non-hydrogen) atoms. The molecule has 0 heterocycles. The maximum absolute atomic E-state index is 15.8. The number of alkyl halides is 1. The van der Waals surface area contributed by atoms with E-state index in [0.29, 0.717) is 6.07 Å². The Morgan fingerprint density at radius 2 is 1.29 bits per heavy atom. The summed E-state index contributed by atoms with van der Waals surface area (Å²) in [6.07, 6.45) is -3.63. The number of hydrogen-bond donors (Lipinski definition) is 4. The summed E-state index contributed by atoms with van der Waals surface area (Å²) in [5.41, 5.74) is 4.56. The second-order valence-corrected chi connectivity index (χ2v) is 7.90. The zero-order chi connectivity index (χ0) is 28.1. The Labute approximate surface area is 207 Å². The summed E-state index contributed by atoms with van der Waals surface area (Å²) >= 11 is 0. The van der Waals surface area contributed by atoms with Crippen molar-refractivity contribution in [3.63, 3.8) is 0 Å². The third-order valence-corrected chi connectivity index (χ3v) is 5.52. The van der Waals surface area contributed by atoms with Gasteiger partial charge in [-0.2, -0.15) is 4.39 Å². The molecule has 0 amide bonds. The molecule has 0 aromatic heterocycles. The number of aromatic hydroxyl groups is 2. The molecule has 6 nitrogen and oxygen atoms in total. The number of allylic oxidation sites excluding steroid dienone is 1. The lowest BCUT2D eigenvalue weighted by Gasteiger charge is -2.38. The van der Waals surface area contributed by atoms with E-state index in [1.165, 1.54) is 0 Å². The Hall–Kier alpha value is -4.62. The van der Waals surface area contributed by atoms with Gasteiger partial charge in [0.15, 0.2) is 34.9 Å². The lowest BCUT2D eigenvalue weighted by Crippen LogP contribution is -2.48. The first-order chi connectivity index (χ1) is 17.8. The lowest BCUT2D eigenvalue weighted by atomic mass is 9.82. The molecule has 4 rings (SSSR count). The molecule has 3 aromatic rings. The maximum Gasteiger partial charge on any atom is 0.229 e. The number of phenolic OH excluding ortho intramolecular Hbond substituents is 2. The molecule has 0 radical (unpaired) electrons. The number of rotatable bonds is 5. The van der Waals surface area contributed by atoms with Crippen LogP contribution >= 0.6 is 0 Å². The van der Waals surface area contributed by atoms with E-state index in [1.54, 1.807) is 0 Å². The van der Waals surface area contributed by atoms with E-state index in [9.17, 15) is 27.8 Å². The normalized spacial score (nSPS) is 19.6. The molecule has 2 unspecified atom stereocenters. The predicted molar refractivity (Wildman–Crippen MR) is 117 cm³/mol. The minimum absolute atomic E-state index is 0.184. The fourth-order valence-corrected chi connectivity index (χ4v) is 3.59. The Morgan fingerprint density at radius 1 is 0.737 bits per heavy atom. The summed E-state index contributed by atoms with van der Waals surface area (Å²) in [4.78, 5) is 0. The van der Waals surface area contributed by atoms with Crippen molar-refractivity contribution in [2.24, 2.45) is 0 Å². The van der Waals surface area contributed by atoms with Gasteiger partial charge in [0, 0.05) is 17.7 Å². The molecule has 3 aromatic carbocycles. The van der Waals surface area contributed by atoms with Crippen LogP contribution in [0.15, 0.2) is 65.7 Å². The third kappa shape index (κ3) is 4.07. The van der Waals surface area contributed by atoms with Gasteiger partial charge in [0.2, 0.25) is 23.4 Å². The van der Waals surface area contributed by atoms with E-state index < -0.39 is 86.8 Å². The van der Waals surface area contributed by atoms with Crippen LogP contribution in [0, 0.1) is 23.3 Å². The maximum atomic E-state index is 15.8. The smallest absolute Gasteiger partial charge is 0.229 e. The van der Waals surface area contributed by atoms with Gasteiger partial charge in [-0.1, -0.05) is 0 Å². The highest BCUT2D eigenvalue weighted by Gasteiger charge is 2.59. The predicted octanol–water partition coefficient (Wildman–Crippen LogP) is 5.86. The van der Waals surface area contributed by atoms with Crippen LogP contribution in [0.1, 0.15) is 5.56 Å². The molecule has 200 valence electrons. The van der Waals surface area contributed by atoms with Crippen molar-refractivity contribution in [2.75, 3.05) is 11.5 Å². The summed E-state index contributed by atoms with van der Waals surface area (Å²) in [6.45, 7) is 0. The van der Waals surface area contributed by atoms with Crippen LogP contribution in [0.2, 0.25) is 0 Å². The fourth-order valence-electron chi connectivity index (χ4n) is 3.59. The van der Waals surface area contributed by atoms with Crippen molar-refractivity contribution in [3.8, 4) is 23.0 Å². The van der Waals surface area contributed by atoms with Crippen molar-refractivity contribution < 1.29 is 54.8 Å². The average molecular weight is 546 g/mol. The third-order valence-electron chi connectivity index (χ3n) is 5.52. The van der Waals surface area contributed by atoms with Gasteiger partial charge in [-0.25, -0.2) is 30.7 Å². The molecule has 0 spiro atoms. The Balaban J connectivity index is 1.96. The SMILES string of the molecule is Nc1ccc(OC2=C(F)C(F)C(Oc3ccc(N)c(O)c3)(c3cc(F)c(F)c(F)c3F)C(F)=C2F)cc1O. The van der Waals surface area contributed by atoms with Gasteiger partial charge in [0.25, 0.3) is 0 Å². The van der Waals surface area contributed by atoms with Crippen LogP contribution in [-0.2, 0) is 5.60 Å². The largest absolute Gasteiger partial charge is 0.506 e. The number of anilines is 2. The molecule has 0 aliphatic heterocycles. The number of benzene rings is 3. The number of nitrogens with two attached hydrogens (primary N) is 2. The van der Waals surface area contributed by atoms with Crippen LogP contribution in [0.4, 0.5) is 46.5 Å². The zero-order valence-corrected chi connectivity index (χ0v) is 18.5. The van der Waals surface area contributed by atoms with Gasteiger partial charge >= 0.3 is 0 Å². The molecule has 2 atom stereocenters. The molecule has 0 saturated heterocycles. The summed E-state index contributed by atoms with van der Waals surface area (Å²) < 4.78 is 129. The molecule has 6 N–H and O–H groups in total. The zero-order valence-electron chi connectivity index (χ0n) is 18.5. The van der Waals surface area contributed by atoms with Crippen LogP contribution < -0.4 is 20.9 Å². The summed E-state index contributed by atoms with van der Waals surface area (Å²) in [5, 5.41) is 19.4. The summed E-state index contributed by atoms with van der Waals surface area (Å²) in [7, 11) is 0. The minimum Gasteiger partial charge on any atom is -0.506 e. The summed E-state index contributed by atoms with van der Waals surface area (Å²) in [6, 6.07) is 4.84. The van der Waals surface area contributed by atoms with E-state index in [1.807, 2.05) is 0 Å². The second-order valence-electron chi connectivity index (χ2n) is 7.90. The van der Waals surface area contributed by atoms with Crippen LogP contribution in [0.5, 0.6) is 23.0 Å². The van der Waals surface area contributed by atoms with E-state index in [4.69, 9.17) is 20.9 Å². The van der Waals surface area contributed by atoms with Crippen LogP contribution in [0.25, 0.3) is 0 Å². The first-order valence-corrected chi connectivity index (χ1v) is 10.3. The van der Waals surface area contributed by atoms with Crippen LogP contribution in [-0.4, -0.2) is 16.4 Å². The number of hydrogen-bond acceptors (Lipinski definition) is 6. The molecule has 14 heteroatoms. The van der Waals surface area contributed by atoms with Crippen molar-refractivity contribution in [3.05, 3.63) is 94.5 Å². The Morgan fingerprint density at radius 3 is 1.87 bits per heavy atom. The van der Waals surface area contributed by atoms with Gasteiger partial charge in [0.05, 0.1) is 11.4 Å². The van der Waals surface area contributed by atoms with E-state index >= 15 is 17.6 Å². The average Bonchev–Trinajstić information content (AvgIpc) is 2.88. The first-order valence-electron chi connectivity index (χ1n) is 10.3. The highest BCUT2D eigenvalue weighted by molar-refractivity contribution is 5.57. The van der Waals surface area contributed by atoms with Crippen molar-refractivity contribution in [2.45, 2.75) is 11.8 Å². The van der Waals surface area contributed by atoms with E-state index in [0.717, 1.165) is 30.3 Å². The first kappa shape index (κ1) is 26.4. The molecule has 0 saturated carbocycles. The van der Waals surface area contributed by atoms with Crippen LogP contribution in [0.3, 0.4) is 0 Å². The number of nitrogen functional groups attached to an aromatic ring is 2. The highest BCUT2D eigenvalue weighted by atomic mass is 19.2. The summed E-state index contributed by atoms with van der Waals surface area (Å²) in [5.74, 6) is -21.1. The van der Waals surface area contributed by atoms with E-state index in [2.05, 4.69) is 0 Å². The van der Waals surface area contributed by atoms with Crippen molar-refractivity contribution >= 4 is 11.4 Å². The second kappa shape index (κ2) is 9.36. The quantitative estimate of drug-likeness (QED) is 0.105. The van der Waals surface area contributed by atoms with Gasteiger partial charge in [-0.05, 0) is 30.3 Å². The molecule has 1 aliphatic rings. The van der Waals surface area contributed by atoms with Gasteiger partial charge in [-0.3, -0.25) is 0 Å². The lowest BCUT2D eigenvalue weighted by molar-refractivity contribution is -0.00954. The molecule has 0 bridgehead atoms. The van der Waals surface area contributed by atoms with Crippen molar-refractivity contribution in [1.29, 1.82) is 0 Å². The molecule has 1 aliphatic carbocycles. The van der Waals surface area contributed by atoms with Gasteiger partial charge < -0.3 is 31.2 Å². The molecule has 0 fully saturated rings. The standard InChI is InChI=1S/C24H14F8N2O4/c25-11-7-10(16(26)18(28)17(11)27)24(38-9-2-4-13(34)15(36)6-9)22(31)19(29)21(20(30)23(24)32)37-8-1-3-12(33)14(35)5-8/h1-7,22,35-36H,33-34H2. The van der Waals surface area contributed by atoms with E-state index in [-0.39, 0.29) is 17.4 Å². The Bertz CT molecular complexity index is 1530. The number of ether oxygens (including phenoxy) is 2. The van der Waals surface area contributed by atoms with Gasteiger partial charge in [0.1, 0.15) is 23.0 Å².